The van der Waals surface area contributed by atoms with Crippen LogP contribution in [0.2, 0.25) is 0 Å². The molecule has 2 rings (SSSR count). The Balaban J connectivity index is 2.30. The number of fused-ring (bicyclic) bond motifs is 1. The molecule has 1 aliphatic heterocycles. The van der Waals surface area contributed by atoms with Crippen LogP contribution in [0.15, 0.2) is 18.2 Å². The Morgan fingerprint density at radius 1 is 1.24 bits per heavy atom. The Morgan fingerprint density at radius 2 is 1.94 bits per heavy atom. The molecule has 1 aromatic carbocycles. The standard InChI is InChI=1S/C15H23NO/c1-5-16-14(15(2,3)4)11-6-7-12-9-17-10-13(12)8-11/h6-8,14,16H,5,9-10H2,1-4H3. The average molecular weight is 233 g/mol. The fourth-order valence-corrected chi connectivity index (χ4v) is 2.50. The highest BCUT2D eigenvalue weighted by Crippen LogP contribution is 2.34. The van der Waals surface area contributed by atoms with Crippen molar-refractivity contribution in [3.8, 4) is 0 Å². The highest BCUT2D eigenvalue weighted by molar-refractivity contribution is 5.35. The summed E-state index contributed by atoms with van der Waals surface area (Å²) >= 11 is 0. The van der Waals surface area contributed by atoms with Gasteiger partial charge in [-0.25, -0.2) is 0 Å². The molecule has 0 bridgehead atoms. The fourth-order valence-electron chi connectivity index (χ4n) is 2.50. The lowest BCUT2D eigenvalue weighted by atomic mass is 9.81. The van der Waals surface area contributed by atoms with Crippen molar-refractivity contribution in [3.63, 3.8) is 0 Å². The second-order valence-electron chi connectivity index (χ2n) is 5.88. The van der Waals surface area contributed by atoms with Crippen molar-refractivity contribution in [3.05, 3.63) is 34.9 Å². The Morgan fingerprint density at radius 3 is 2.59 bits per heavy atom. The molecule has 1 heterocycles. The second-order valence-corrected chi connectivity index (χ2v) is 5.88. The molecule has 0 fully saturated rings. The first-order valence-corrected chi connectivity index (χ1v) is 6.45. The van der Waals surface area contributed by atoms with Gasteiger partial charge in [-0.1, -0.05) is 45.9 Å². The van der Waals surface area contributed by atoms with E-state index in [2.05, 4.69) is 51.2 Å². The van der Waals surface area contributed by atoms with E-state index in [0.29, 0.717) is 6.04 Å². The number of ether oxygens (including phenoxy) is 1. The number of benzene rings is 1. The van der Waals surface area contributed by atoms with Crippen LogP contribution in [0.1, 0.15) is 50.4 Å². The summed E-state index contributed by atoms with van der Waals surface area (Å²) in [4.78, 5) is 0. The minimum atomic E-state index is 0.226. The predicted octanol–water partition coefficient (Wildman–Crippen LogP) is 3.41. The second kappa shape index (κ2) is 4.79. The number of hydrogen-bond acceptors (Lipinski definition) is 2. The van der Waals surface area contributed by atoms with Crippen molar-refractivity contribution in [2.24, 2.45) is 5.41 Å². The van der Waals surface area contributed by atoms with Crippen molar-refractivity contribution in [1.82, 2.24) is 5.32 Å². The van der Waals surface area contributed by atoms with Gasteiger partial charge in [0, 0.05) is 6.04 Å². The van der Waals surface area contributed by atoms with E-state index in [0.717, 1.165) is 19.8 Å². The molecule has 0 amide bonds. The molecular weight excluding hydrogens is 210 g/mol. The zero-order chi connectivity index (χ0) is 12.5. The van der Waals surface area contributed by atoms with Crippen molar-refractivity contribution < 1.29 is 4.74 Å². The SMILES string of the molecule is CCNC(c1ccc2c(c1)COC2)C(C)(C)C. The maximum atomic E-state index is 5.47. The van der Waals surface area contributed by atoms with Gasteiger partial charge in [-0.3, -0.25) is 0 Å². The molecule has 1 N–H and O–H groups in total. The van der Waals surface area contributed by atoms with Crippen LogP contribution in [0.3, 0.4) is 0 Å². The predicted molar refractivity (Wildman–Crippen MR) is 70.8 cm³/mol. The lowest BCUT2D eigenvalue weighted by Gasteiger charge is -2.32. The Hall–Kier alpha value is -0.860. The van der Waals surface area contributed by atoms with Crippen LogP contribution in [-0.4, -0.2) is 6.54 Å². The van der Waals surface area contributed by atoms with Crippen LogP contribution >= 0.6 is 0 Å². The monoisotopic (exact) mass is 233 g/mol. The van der Waals surface area contributed by atoms with Crippen LogP contribution in [0.25, 0.3) is 0 Å². The molecule has 1 aliphatic rings. The summed E-state index contributed by atoms with van der Waals surface area (Å²) in [6, 6.07) is 7.17. The summed E-state index contributed by atoms with van der Waals surface area (Å²) in [6.07, 6.45) is 0. The van der Waals surface area contributed by atoms with Gasteiger partial charge in [-0.05, 0) is 28.7 Å². The molecular formula is C15H23NO. The van der Waals surface area contributed by atoms with Crippen molar-refractivity contribution in [2.75, 3.05) is 6.54 Å². The van der Waals surface area contributed by atoms with Crippen LogP contribution in [0.5, 0.6) is 0 Å². The summed E-state index contributed by atoms with van der Waals surface area (Å²) in [6.45, 7) is 11.5. The van der Waals surface area contributed by atoms with Crippen LogP contribution in [-0.2, 0) is 18.0 Å². The van der Waals surface area contributed by atoms with Crippen molar-refractivity contribution >= 4 is 0 Å². The van der Waals surface area contributed by atoms with Crippen LogP contribution in [0.4, 0.5) is 0 Å². The highest BCUT2D eigenvalue weighted by atomic mass is 16.5. The number of rotatable bonds is 3. The van der Waals surface area contributed by atoms with Crippen LogP contribution in [0, 0.1) is 5.41 Å². The summed E-state index contributed by atoms with van der Waals surface area (Å²) in [7, 11) is 0. The maximum Gasteiger partial charge on any atom is 0.0725 e. The molecule has 1 atom stereocenters. The molecule has 1 aromatic rings. The van der Waals surface area contributed by atoms with Gasteiger partial charge in [0.05, 0.1) is 13.2 Å². The van der Waals surface area contributed by atoms with E-state index in [-0.39, 0.29) is 5.41 Å². The maximum absolute atomic E-state index is 5.47. The van der Waals surface area contributed by atoms with Crippen molar-refractivity contribution in [2.45, 2.75) is 47.0 Å². The molecule has 2 nitrogen and oxygen atoms in total. The van der Waals surface area contributed by atoms with Gasteiger partial charge in [-0.2, -0.15) is 0 Å². The molecule has 2 heteroatoms. The highest BCUT2D eigenvalue weighted by Gasteiger charge is 2.26. The number of hydrogen-bond donors (Lipinski definition) is 1. The Kier molecular flexibility index (Phi) is 3.55. The van der Waals surface area contributed by atoms with Gasteiger partial charge in [0.2, 0.25) is 0 Å². The van der Waals surface area contributed by atoms with Crippen LogP contribution < -0.4 is 5.32 Å². The van der Waals surface area contributed by atoms with Gasteiger partial charge in [0.1, 0.15) is 0 Å². The Bertz CT molecular complexity index is 392. The molecule has 0 saturated carbocycles. The molecule has 0 aliphatic carbocycles. The largest absolute Gasteiger partial charge is 0.372 e. The van der Waals surface area contributed by atoms with E-state index in [1.54, 1.807) is 0 Å². The minimum absolute atomic E-state index is 0.226. The minimum Gasteiger partial charge on any atom is -0.372 e. The normalized spacial score (nSPS) is 16.9. The van der Waals surface area contributed by atoms with Gasteiger partial charge in [0.25, 0.3) is 0 Å². The summed E-state index contributed by atoms with van der Waals surface area (Å²) in [5, 5.41) is 3.59. The third-order valence-corrected chi connectivity index (χ3v) is 3.35. The molecule has 1 unspecified atom stereocenters. The average Bonchev–Trinajstić information content (AvgIpc) is 2.71. The van der Waals surface area contributed by atoms with E-state index < -0.39 is 0 Å². The fraction of sp³-hybridized carbons (Fsp3) is 0.600. The van der Waals surface area contributed by atoms with E-state index in [1.165, 1.54) is 16.7 Å². The van der Waals surface area contributed by atoms with Gasteiger partial charge in [0.15, 0.2) is 0 Å². The molecule has 94 valence electrons. The first-order valence-electron chi connectivity index (χ1n) is 6.45. The third-order valence-electron chi connectivity index (χ3n) is 3.35. The summed E-state index contributed by atoms with van der Waals surface area (Å²) < 4.78 is 5.47. The lowest BCUT2D eigenvalue weighted by molar-refractivity contribution is 0.134. The zero-order valence-electron chi connectivity index (χ0n) is 11.3. The molecule has 0 spiro atoms. The number of nitrogens with one attached hydrogen (secondary N) is 1. The first kappa shape index (κ1) is 12.6. The van der Waals surface area contributed by atoms with E-state index in [1.807, 2.05) is 0 Å². The van der Waals surface area contributed by atoms with E-state index >= 15 is 0 Å². The van der Waals surface area contributed by atoms with E-state index in [9.17, 15) is 0 Å². The Labute approximate surface area is 104 Å². The molecule has 0 radical (unpaired) electrons. The van der Waals surface area contributed by atoms with Gasteiger partial charge in [-0.15, -0.1) is 0 Å². The molecule has 0 saturated heterocycles. The summed E-state index contributed by atoms with van der Waals surface area (Å²) in [5.74, 6) is 0. The first-order chi connectivity index (χ1) is 8.02. The smallest absolute Gasteiger partial charge is 0.0725 e. The third kappa shape index (κ3) is 2.70. The quantitative estimate of drug-likeness (QED) is 0.863. The van der Waals surface area contributed by atoms with Gasteiger partial charge >= 0.3 is 0 Å². The zero-order valence-corrected chi connectivity index (χ0v) is 11.3. The van der Waals surface area contributed by atoms with E-state index in [4.69, 9.17) is 4.74 Å². The lowest BCUT2D eigenvalue weighted by Crippen LogP contribution is -2.32. The summed E-state index contributed by atoms with van der Waals surface area (Å²) in [5.41, 5.74) is 4.31. The topological polar surface area (TPSA) is 21.3 Å². The van der Waals surface area contributed by atoms with Gasteiger partial charge < -0.3 is 10.1 Å². The molecule has 17 heavy (non-hydrogen) atoms. The molecule has 0 aromatic heterocycles. The van der Waals surface area contributed by atoms with Crippen molar-refractivity contribution in [1.29, 1.82) is 0 Å².